The summed E-state index contributed by atoms with van der Waals surface area (Å²) in [6.45, 7) is 2.06. The molecule has 0 fully saturated rings. The minimum atomic E-state index is -0.251. The number of aryl methyl sites for hydroxylation is 1. The first kappa shape index (κ1) is 16.1. The number of hydrogen-bond donors (Lipinski definition) is 0. The van der Waals surface area contributed by atoms with Crippen molar-refractivity contribution in [2.24, 2.45) is 0 Å². The van der Waals surface area contributed by atoms with Crippen LogP contribution in [0.2, 0.25) is 0 Å². The number of rotatable bonds is 2. The van der Waals surface area contributed by atoms with Gasteiger partial charge in [-0.2, -0.15) is 5.10 Å². The Kier molecular flexibility index (Phi) is 4.32. The molecule has 0 aliphatic heterocycles. The van der Waals surface area contributed by atoms with Crippen LogP contribution in [0.25, 0.3) is 27.9 Å². The van der Waals surface area contributed by atoms with Gasteiger partial charge >= 0.3 is 0 Å². The molecular weight excluding hydrogens is 325 g/mol. The second kappa shape index (κ2) is 6.42. The van der Waals surface area contributed by atoms with E-state index < -0.39 is 0 Å². The first-order valence-electron chi connectivity index (χ1n) is 7.38. The average Bonchev–Trinajstić information content (AvgIpc) is 2.95. The Balaban J connectivity index is 0.00000169. The third-order valence-electron chi connectivity index (χ3n) is 3.88. The maximum Gasteiger partial charge on any atom is 0.123 e. The number of halogens is 2. The largest absolute Gasteiger partial charge is 0.265 e. The smallest absolute Gasteiger partial charge is 0.123 e. The molecule has 0 saturated carbocycles. The highest BCUT2D eigenvalue weighted by Crippen LogP contribution is 2.35. The van der Waals surface area contributed by atoms with Crippen LogP contribution in [0.1, 0.15) is 5.56 Å². The van der Waals surface area contributed by atoms with Gasteiger partial charge in [0.1, 0.15) is 11.5 Å². The summed E-state index contributed by atoms with van der Waals surface area (Å²) >= 11 is 0. The van der Waals surface area contributed by atoms with Crippen LogP contribution in [0.3, 0.4) is 0 Å². The third kappa shape index (κ3) is 2.76. The SMILES string of the molecule is Cc1ccn2nc(-c3ccc(F)cc3)c(-c3ccncc3)c2c1.Cl. The van der Waals surface area contributed by atoms with Gasteiger partial charge in [0.15, 0.2) is 0 Å². The van der Waals surface area contributed by atoms with Gasteiger partial charge in [-0.1, -0.05) is 0 Å². The zero-order chi connectivity index (χ0) is 15.8. The zero-order valence-electron chi connectivity index (χ0n) is 13.0. The number of fused-ring (bicyclic) bond motifs is 1. The number of pyridine rings is 2. The molecule has 3 nitrogen and oxygen atoms in total. The molecule has 1 aromatic carbocycles. The maximum absolute atomic E-state index is 13.2. The first-order valence-corrected chi connectivity index (χ1v) is 7.38. The highest BCUT2D eigenvalue weighted by Gasteiger charge is 2.16. The van der Waals surface area contributed by atoms with E-state index >= 15 is 0 Å². The summed E-state index contributed by atoms with van der Waals surface area (Å²) in [5.41, 5.74) is 5.98. The van der Waals surface area contributed by atoms with Crippen LogP contribution in [0.4, 0.5) is 4.39 Å². The molecule has 4 aromatic rings. The van der Waals surface area contributed by atoms with E-state index in [2.05, 4.69) is 18.0 Å². The van der Waals surface area contributed by atoms with Crippen LogP contribution >= 0.6 is 12.4 Å². The van der Waals surface area contributed by atoms with Gasteiger partial charge in [-0.05, 0) is 66.6 Å². The highest BCUT2D eigenvalue weighted by molar-refractivity contribution is 5.92. The van der Waals surface area contributed by atoms with E-state index in [-0.39, 0.29) is 18.2 Å². The lowest BCUT2D eigenvalue weighted by atomic mass is 10.0. The summed E-state index contributed by atoms with van der Waals surface area (Å²) in [6, 6.07) is 14.5. The number of benzene rings is 1. The molecule has 4 rings (SSSR count). The van der Waals surface area contributed by atoms with E-state index in [0.717, 1.165) is 27.9 Å². The molecule has 0 N–H and O–H groups in total. The molecule has 0 unspecified atom stereocenters. The molecule has 0 aliphatic rings. The summed E-state index contributed by atoms with van der Waals surface area (Å²) in [6.07, 6.45) is 5.48. The van der Waals surface area contributed by atoms with Crippen molar-refractivity contribution in [2.75, 3.05) is 0 Å². The van der Waals surface area contributed by atoms with E-state index in [4.69, 9.17) is 5.10 Å². The summed E-state index contributed by atoms with van der Waals surface area (Å²) in [5, 5.41) is 4.70. The van der Waals surface area contributed by atoms with E-state index in [9.17, 15) is 4.39 Å². The van der Waals surface area contributed by atoms with E-state index in [1.165, 1.54) is 17.7 Å². The van der Waals surface area contributed by atoms with Crippen molar-refractivity contribution in [3.8, 4) is 22.4 Å². The van der Waals surface area contributed by atoms with Crippen molar-refractivity contribution < 1.29 is 4.39 Å². The lowest BCUT2D eigenvalue weighted by Crippen LogP contribution is -1.86. The number of aromatic nitrogens is 3. The Labute approximate surface area is 145 Å². The monoisotopic (exact) mass is 339 g/mol. The van der Waals surface area contributed by atoms with Crippen molar-refractivity contribution in [1.29, 1.82) is 0 Å². The Morgan fingerprint density at radius 1 is 0.917 bits per heavy atom. The van der Waals surface area contributed by atoms with Crippen molar-refractivity contribution in [3.05, 3.63) is 78.5 Å². The maximum atomic E-state index is 13.2. The first-order chi connectivity index (χ1) is 11.2. The Hall–Kier alpha value is -2.72. The van der Waals surface area contributed by atoms with Crippen LogP contribution < -0.4 is 0 Å². The van der Waals surface area contributed by atoms with Gasteiger partial charge < -0.3 is 0 Å². The lowest BCUT2D eigenvalue weighted by Gasteiger charge is -2.04. The van der Waals surface area contributed by atoms with Crippen molar-refractivity contribution in [3.63, 3.8) is 0 Å². The molecule has 0 spiro atoms. The minimum absolute atomic E-state index is 0. The summed E-state index contributed by atoms with van der Waals surface area (Å²) in [4.78, 5) is 4.09. The molecule has 120 valence electrons. The van der Waals surface area contributed by atoms with Crippen molar-refractivity contribution >= 4 is 17.9 Å². The van der Waals surface area contributed by atoms with Gasteiger partial charge in [-0.3, -0.25) is 4.98 Å². The highest BCUT2D eigenvalue weighted by atomic mass is 35.5. The van der Waals surface area contributed by atoms with Gasteiger partial charge in [0.25, 0.3) is 0 Å². The molecule has 5 heteroatoms. The Morgan fingerprint density at radius 3 is 2.33 bits per heavy atom. The molecule has 0 bridgehead atoms. The van der Waals surface area contributed by atoms with Crippen LogP contribution in [0, 0.1) is 12.7 Å². The number of hydrogen-bond acceptors (Lipinski definition) is 2. The van der Waals surface area contributed by atoms with Gasteiger partial charge in [0.2, 0.25) is 0 Å². The second-order valence-electron chi connectivity index (χ2n) is 5.50. The Bertz CT molecular complexity index is 979. The van der Waals surface area contributed by atoms with E-state index in [1.54, 1.807) is 24.5 Å². The van der Waals surface area contributed by atoms with Crippen LogP contribution in [0.5, 0.6) is 0 Å². The normalized spacial score (nSPS) is 10.6. The molecule has 3 aromatic heterocycles. The topological polar surface area (TPSA) is 30.2 Å². The van der Waals surface area contributed by atoms with E-state index in [0.29, 0.717) is 0 Å². The summed E-state index contributed by atoms with van der Waals surface area (Å²) < 4.78 is 15.1. The summed E-state index contributed by atoms with van der Waals surface area (Å²) in [7, 11) is 0. The fourth-order valence-corrected chi connectivity index (χ4v) is 2.76. The van der Waals surface area contributed by atoms with Crippen LogP contribution in [-0.4, -0.2) is 14.6 Å². The quantitative estimate of drug-likeness (QED) is 0.518. The molecule has 3 heterocycles. The van der Waals surface area contributed by atoms with Crippen molar-refractivity contribution in [1.82, 2.24) is 14.6 Å². The van der Waals surface area contributed by atoms with E-state index in [1.807, 2.05) is 28.9 Å². The van der Waals surface area contributed by atoms with Gasteiger partial charge in [0.05, 0.1) is 5.52 Å². The lowest BCUT2D eigenvalue weighted by molar-refractivity contribution is 0.628. The second-order valence-corrected chi connectivity index (χ2v) is 5.50. The summed E-state index contributed by atoms with van der Waals surface area (Å²) in [5.74, 6) is -0.251. The van der Waals surface area contributed by atoms with Crippen LogP contribution in [0.15, 0.2) is 67.1 Å². The van der Waals surface area contributed by atoms with Crippen molar-refractivity contribution in [2.45, 2.75) is 6.92 Å². The predicted octanol–water partition coefficient (Wildman–Crippen LogP) is 4.93. The molecule has 0 radical (unpaired) electrons. The van der Waals surface area contributed by atoms with Gasteiger partial charge in [-0.15, -0.1) is 12.4 Å². The Morgan fingerprint density at radius 2 is 1.62 bits per heavy atom. The third-order valence-corrected chi connectivity index (χ3v) is 3.88. The minimum Gasteiger partial charge on any atom is -0.265 e. The van der Waals surface area contributed by atoms with Crippen LogP contribution in [-0.2, 0) is 0 Å². The molecule has 0 aliphatic carbocycles. The fraction of sp³-hybridized carbons (Fsp3) is 0.0526. The number of nitrogens with zero attached hydrogens (tertiary/aromatic N) is 3. The van der Waals surface area contributed by atoms with Gasteiger partial charge in [-0.25, -0.2) is 8.91 Å². The molecular formula is C19H15ClFN3. The van der Waals surface area contributed by atoms with Gasteiger partial charge in [0, 0.05) is 29.7 Å². The standard InChI is InChI=1S/C19H14FN3.ClH/c1-13-8-11-23-17(12-13)18(14-6-9-21-10-7-14)19(22-23)15-2-4-16(20)5-3-15;/h2-12H,1H3;1H. The molecule has 24 heavy (non-hydrogen) atoms. The molecule has 0 saturated heterocycles. The fourth-order valence-electron chi connectivity index (χ4n) is 2.76. The molecule has 0 atom stereocenters. The molecule has 0 amide bonds. The predicted molar refractivity (Wildman–Crippen MR) is 95.8 cm³/mol. The zero-order valence-corrected chi connectivity index (χ0v) is 13.8. The average molecular weight is 340 g/mol.